The minimum Gasteiger partial charge on any atom is -0.367 e. The van der Waals surface area contributed by atoms with E-state index in [0.29, 0.717) is 12.5 Å². The number of allylic oxidation sites excluding steroid dienone is 1. The van der Waals surface area contributed by atoms with Gasteiger partial charge in [-0.2, -0.15) is 0 Å². The lowest BCUT2D eigenvalue weighted by atomic mass is 10.1. The maximum Gasteiger partial charge on any atom is 0.162 e. The van der Waals surface area contributed by atoms with Crippen molar-refractivity contribution in [2.75, 3.05) is 19.7 Å². The first kappa shape index (κ1) is 11.8. The fraction of sp³-hybridized carbons (Fsp3) is 0.769. The van der Waals surface area contributed by atoms with Gasteiger partial charge in [0.05, 0.1) is 6.61 Å². The average Bonchev–Trinajstić information content (AvgIpc) is 2.76. The molecule has 16 heavy (non-hydrogen) atoms. The molecule has 2 rings (SSSR count). The van der Waals surface area contributed by atoms with Gasteiger partial charge in [0.15, 0.2) is 5.78 Å². The van der Waals surface area contributed by atoms with Crippen molar-refractivity contribution in [3.05, 3.63) is 12.7 Å². The number of fused-ring (bicyclic) bond motifs is 1. The number of rotatable bonds is 5. The first-order valence-electron chi connectivity index (χ1n) is 6.30. The third-order valence-electron chi connectivity index (χ3n) is 3.58. The zero-order chi connectivity index (χ0) is 11.4. The predicted molar refractivity (Wildman–Crippen MR) is 63.4 cm³/mol. The first-order valence-corrected chi connectivity index (χ1v) is 6.30. The zero-order valence-electron chi connectivity index (χ0n) is 9.86. The third-order valence-corrected chi connectivity index (χ3v) is 3.58. The van der Waals surface area contributed by atoms with Gasteiger partial charge in [-0.05, 0) is 32.2 Å². The van der Waals surface area contributed by atoms with Crippen LogP contribution >= 0.6 is 0 Å². The third kappa shape index (κ3) is 2.71. The van der Waals surface area contributed by atoms with Gasteiger partial charge in [-0.15, -0.1) is 6.58 Å². The highest BCUT2D eigenvalue weighted by atomic mass is 16.5. The molecule has 2 saturated heterocycles. The topological polar surface area (TPSA) is 29.5 Å². The van der Waals surface area contributed by atoms with Gasteiger partial charge in [0, 0.05) is 19.0 Å². The second kappa shape index (κ2) is 5.60. The average molecular weight is 223 g/mol. The van der Waals surface area contributed by atoms with Crippen molar-refractivity contribution < 1.29 is 9.53 Å². The van der Waals surface area contributed by atoms with Crippen molar-refractivity contribution in [3.8, 4) is 0 Å². The number of unbranched alkanes of at least 4 members (excludes halogenated alkanes) is 1. The molecule has 0 bridgehead atoms. The molecular formula is C13H21NO2. The lowest BCUT2D eigenvalue weighted by molar-refractivity contribution is -0.138. The maximum absolute atomic E-state index is 11.9. The van der Waals surface area contributed by atoms with Crippen molar-refractivity contribution >= 4 is 5.78 Å². The molecule has 3 heteroatoms. The van der Waals surface area contributed by atoms with E-state index in [1.165, 1.54) is 12.8 Å². The van der Waals surface area contributed by atoms with Crippen molar-refractivity contribution in [1.82, 2.24) is 4.90 Å². The van der Waals surface area contributed by atoms with Crippen molar-refractivity contribution in [2.24, 2.45) is 0 Å². The summed E-state index contributed by atoms with van der Waals surface area (Å²) in [6.45, 7) is 6.37. The number of ether oxygens (including phenoxy) is 1. The Morgan fingerprint density at radius 1 is 1.56 bits per heavy atom. The number of carbonyl (C=O) groups excluding carboxylic acids is 1. The Hall–Kier alpha value is -0.670. The van der Waals surface area contributed by atoms with Crippen LogP contribution in [0.5, 0.6) is 0 Å². The summed E-state index contributed by atoms with van der Waals surface area (Å²) in [6.07, 6.45) is 6.65. The van der Waals surface area contributed by atoms with E-state index in [-0.39, 0.29) is 11.9 Å². The number of ketones is 1. The highest BCUT2D eigenvalue weighted by molar-refractivity contribution is 5.83. The SMILES string of the molecule is C=CCCCC(=O)C1CN2CCCC2CO1. The smallest absolute Gasteiger partial charge is 0.162 e. The van der Waals surface area contributed by atoms with E-state index >= 15 is 0 Å². The molecule has 0 aromatic carbocycles. The van der Waals surface area contributed by atoms with E-state index in [4.69, 9.17) is 4.74 Å². The highest BCUT2D eigenvalue weighted by Gasteiger charge is 2.34. The molecule has 2 aliphatic rings. The summed E-state index contributed by atoms with van der Waals surface area (Å²) in [5.74, 6) is 0.271. The van der Waals surface area contributed by atoms with Crippen LogP contribution in [0.25, 0.3) is 0 Å². The Morgan fingerprint density at radius 2 is 2.44 bits per heavy atom. The Kier molecular flexibility index (Phi) is 4.13. The van der Waals surface area contributed by atoms with Crippen molar-refractivity contribution in [3.63, 3.8) is 0 Å². The van der Waals surface area contributed by atoms with Crippen LogP contribution in [0.3, 0.4) is 0 Å². The lowest BCUT2D eigenvalue weighted by Crippen LogP contribution is -2.49. The molecule has 0 amide bonds. The molecule has 0 N–H and O–H groups in total. The number of nitrogens with zero attached hydrogens (tertiary/aromatic N) is 1. The maximum atomic E-state index is 11.9. The summed E-state index contributed by atoms with van der Waals surface area (Å²) in [7, 11) is 0. The van der Waals surface area contributed by atoms with Gasteiger partial charge in [-0.25, -0.2) is 0 Å². The Balaban J connectivity index is 1.77. The summed E-state index contributed by atoms with van der Waals surface area (Å²) in [4.78, 5) is 14.3. The second-order valence-corrected chi connectivity index (χ2v) is 4.76. The lowest BCUT2D eigenvalue weighted by Gasteiger charge is -2.34. The van der Waals surface area contributed by atoms with Gasteiger partial charge in [0.2, 0.25) is 0 Å². The van der Waals surface area contributed by atoms with E-state index in [1.807, 2.05) is 6.08 Å². The quantitative estimate of drug-likeness (QED) is 0.525. The van der Waals surface area contributed by atoms with E-state index in [9.17, 15) is 4.79 Å². The van der Waals surface area contributed by atoms with Crippen LogP contribution in [0.2, 0.25) is 0 Å². The number of hydrogen-bond donors (Lipinski definition) is 0. The highest BCUT2D eigenvalue weighted by Crippen LogP contribution is 2.23. The standard InChI is InChI=1S/C13H21NO2/c1-2-3-4-7-12(15)13-9-14-8-5-6-11(14)10-16-13/h2,11,13H,1,3-10H2. The molecule has 0 aromatic heterocycles. The second-order valence-electron chi connectivity index (χ2n) is 4.76. The first-order chi connectivity index (χ1) is 7.81. The van der Waals surface area contributed by atoms with E-state index in [1.54, 1.807) is 0 Å². The van der Waals surface area contributed by atoms with Crippen LogP contribution in [0.15, 0.2) is 12.7 Å². The summed E-state index contributed by atoms with van der Waals surface area (Å²) in [6, 6.07) is 0.581. The number of morpholine rings is 1. The van der Waals surface area contributed by atoms with Gasteiger partial charge < -0.3 is 4.74 Å². The summed E-state index contributed by atoms with van der Waals surface area (Å²) in [5.41, 5.74) is 0. The van der Waals surface area contributed by atoms with Gasteiger partial charge in [0.1, 0.15) is 6.10 Å². The molecule has 90 valence electrons. The molecule has 0 aliphatic carbocycles. The van der Waals surface area contributed by atoms with Gasteiger partial charge in [0.25, 0.3) is 0 Å². The molecule has 2 heterocycles. The van der Waals surface area contributed by atoms with Crippen LogP contribution < -0.4 is 0 Å². The van der Waals surface area contributed by atoms with Gasteiger partial charge in [-0.3, -0.25) is 9.69 Å². The Labute approximate surface area is 97.5 Å². The fourth-order valence-corrected chi connectivity index (χ4v) is 2.59. The minimum atomic E-state index is -0.167. The number of Topliss-reactive ketones (excluding diaryl/α,β-unsaturated/α-hetero) is 1. The Morgan fingerprint density at radius 3 is 3.25 bits per heavy atom. The van der Waals surface area contributed by atoms with Crippen LogP contribution in [0.4, 0.5) is 0 Å². The zero-order valence-corrected chi connectivity index (χ0v) is 9.86. The number of carbonyl (C=O) groups is 1. The molecule has 2 atom stereocenters. The largest absolute Gasteiger partial charge is 0.367 e. The number of hydrogen-bond acceptors (Lipinski definition) is 3. The normalized spacial score (nSPS) is 30.0. The molecule has 0 radical (unpaired) electrons. The summed E-state index contributed by atoms with van der Waals surface area (Å²) < 4.78 is 5.67. The molecule has 0 saturated carbocycles. The van der Waals surface area contributed by atoms with E-state index < -0.39 is 0 Å². The van der Waals surface area contributed by atoms with Crippen LogP contribution in [-0.4, -0.2) is 42.5 Å². The monoisotopic (exact) mass is 223 g/mol. The molecule has 3 nitrogen and oxygen atoms in total. The molecule has 0 aromatic rings. The molecule has 2 aliphatic heterocycles. The van der Waals surface area contributed by atoms with Crippen LogP contribution in [0.1, 0.15) is 32.1 Å². The minimum absolute atomic E-state index is 0.167. The van der Waals surface area contributed by atoms with Crippen LogP contribution in [0, 0.1) is 0 Å². The van der Waals surface area contributed by atoms with Gasteiger partial charge >= 0.3 is 0 Å². The summed E-state index contributed by atoms with van der Waals surface area (Å²) >= 11 is 0. The summed E-state index contributed by atoms with van der Waals surface area (Å²) in [5, 5.41) is 0. The molecule has 2 fully saturated rings. The van der Waals surface area contributed by atoms with Gasteiger partial charge in [-0.1, -0.05) is 6.08 Å². The fourth-order valence-electron chi connectivity index (χ4n) is 2.59. The molecule has 2 unspecified atom stereocenters. The molecule has 0 spiro atoms. The van der Waals surface area contributed by atoms with Crippen molar-refractivity contribution in [2.45, 2.75) is 44.2 Å². The van der Waals surface area contributed by atoms with E-state index in [2.05, 4.69) is 11.5 Å². The Bertz CT molecular complexity index is 265. The van der Waals surface area contributed by atoms with Crippen molar-refractivity contribution in [1.29, 1.82) is 0 Å². The molecular weight excluding hydrogens is 202 g/mol. The van der Waals surface area contributed by atoms with Crippen LogP contribution in [-0.2, 0) is 9.53 Å². The predicted octanol–water partition coefficient (Wildman–Crippen LogP) is 1.77. The van der Waals surface area contributed by atoms with E-state index in [0.717, 1.165) is 32.5 Å².